The van der Waals surface area contributed by atoms with Gasteiger partial charge in [0.2, 0.25) is 0 Å². The van der Waals surface area contributed by atoms with E-state index in [1.54, 1.807) is 0 Å². The van der Waals surface area contributed by atoms with Gasteiger partial charge in [0.1, 0.15) is 6.10 Å². The normalized spacial score (nSPS) is 51.0. The molecule has 9 atom stereocenters. The van der Waals surface area contributed by atoms with Gasteiger partial charge in [-0.3, -0.25) is 4.79 Å². The lowest BCUT2D eigenvalue weighted by Gasteiger charge is -2.66. The molecule has 4 aliphatic rings. The Labute approximate surface area is 175 Å². The zero-order valence-corrected chi connectivity index (χ0v) is 18.6. The van der Waals surface area contributed by atoms with E-state index in [9.17, 15) is 20.1 Å². The highest BCUT2D eigenvalue weighted by molar-refractivity contribution is 9.09. The number of hydrogen-bond acceptors (Lipinski definition) is 5. The van der Waals surface area contributed by atoms with Crippen molar-refractivity contribution < 1.29 is 24.9 Å². The number of halogens is 1. The Morgan fingerprint density at radius 2 is 2.11 bits per heavy atom. The first-order valence-corrected chi connectivity index (χ1v) is 11.5. The fourth-order valence-corrected chi connectivity index (χ4v) is 7.37. The van der Waals surface area contributed by atoms with Crippen molar-refractivity contribution in [3.63, 3.8) is 0 Å². The molecule has 0 bridgehead atoms. The average molecular weight is 457 g/mol. The highest BCUT2D eigenvalue weighted by Gasteiger charge is 2.67. The van der Waals surface area contributed by atoms with Crippen molar-refractivity contribution in [2.75, 3.05) is 6.61 Å². The number of allylic oxidation sites excluding steroid dienone is 1. The monoisotopic (exact) mass is 456 g/mol. The Bertz CT molecular complexity index is 694. The van der Waals surface area contributed by atoms with Crippen molar-refractivity contribution in [3.8, 4) is 0 Å². The number of rotatable bonds is 3. The second-order valence-corrected chi connectivity index (χ2v) is 11.3. The smallest absolute Gasteiger partial charge is 0.302 e. The molecule has 0 aliphatic heterocycles. The molecule has 6 heteroatoms. The standard InChI is InChI=1S/C22H33BrO5/c1-12(25)28-17-10-21(3)14-4-6-20(2,19(23)11-24)9-13(14)16(26)8-18(21)22(27)7-5-15(17)22/h4,13,15-19,24,26-27H,5-11H2,1-3H3. The third-order valence-electron chi connectivity index (χ3n) is 8.65. The van der Waals surface area contributed by atoms with Gasteiger partial charge in [0.25, 0.3) is 0 Å². The molecule has 0 radical (unpaired) electrons. The van der Waals surface area contributed by atoms with E-state index in [2.05, 4.69) is 35.9 Å². The SMILES string of the molecule is CC(=O)OC1CC2(C)C3=CCC(C)(C(Br)CO)CC3C(O)CC2C2(O)CCC12. The number of carbonyl (C=O) groups excluding carboxylic acids is 1. The van der Waals surface area contributed by atoms with Gasteiger partial charge >= 0.3 is 5.97 Å². The van der Waals surface area contributed by atoms with Crippen molar-refractivity contribution >= 4 is 21.9 Å². The van der Waals surface area contributed by atoms with Crippen LogP contribution in [0, 0.1) is 28.6 Å². The quantitative estimate of drug-likeness (QED) is 0.345. The Morgan fingerprint density at radius 3 is 2.68 bits per heavy atom. The third kappa shape index (κ3) is 2.85. The Hall–Kier alpha value is -0.430. The number of ether oxygens (including phenoxy) is 1. The van der Waals surface area contributed by atoms with Gasteiger partial charge in [-0.1, -0.05) is 41.4 Å². The predicted molar refractivity (Wildman–Crippen MR) is 109 cm³/mol. The molecule has 4 rings (SSSR count). The molecular weight excluding hydrogens is 424 g/mol. The lowest BCUT2D eigenvalue weighted by Crippen LogP contribution is -2.69. The summed E-state index contributed by atoms with van der Waals surface area (Å²) in [6.07, 6.45) is 6.02. The van der Waals surface area contributed by atoms with Gasteiger partial charge in [0, 0.05) is 23.6 Å². The molecule has 0 heterocycles. The summed E-state index contributed by atoms with van der Waals surface area (Å²) in [6, 6.07) is 0. The fourth-order valence-electron chi connectivity index (χ4n) is 6.99. The number of aliphatic hydroxyl groups excluding tert-OH is 2. The minimum Gasteiger partial charge on any atom is -0.462 e. The predicted octanol–water partition coefficient (Wildman–Crippen LogP) is 2.95. The molecule has 3 fully saturated rings. The fraction of sp³-hybridized carbons (Fsp3) is 0.864. The maximum Gasteiger partial charge on any atom is 0.302 e. The van der Waals surface area contributed by atoms with E-state index in [0.717, 1.165) is 19.3 Å². The summed E-state index contributed by atoms with van der Waals surface area (Å²) in [5, 5.41) is 32.3. The van der Waals surface area contributed by atoms with E-state index in [1.807, 2.05) is 0 Å². The van der Waals surface area contributed by atoms with Gasteiger partial charge in [-0.2, -0.15) is 0 Å². The Balaban J connectivity index is 1.71. The third-order valence-corrected chi connectivity index (χ3v) is 10.0. The molecule has 0 amide bonds. The lowest BCUT2D eigenvalue weighted by atomic mass is 9.41. The molecule has 158 valence electrons. The van der Waals surface area contributed by atoms with Gasteiger partial charge in [0.15, 0.2) is 0 Å². The van der Waals surface area contributed by atoms with Gasteiger partial charge in [0.05, 0.1) is 18.3 Å². The van der Waals surface area contributed by atoms with Crippen LogP contribution < -0.4 is 0 Å². The summed E-state index contributed by atoms with van der Waals surface area (Å²) in [7, 11) is 0. The van der Waals surface area contributed by atoms with Gasteiger partial charge in [-0.15, -0.1) is 0 Å². The number of esters is 1. The van der Waals surface area contributed by atoms with Crippen molar-refractivity contribution in [3.05, 3.63) is 11.6 Å². The molecule has 28 heavy (non-hydrogen) atoms. The average Bonchev–Trinajstić information content (AvgIpc) is 2.61. The zero-order valence-electron chi connectivity index (χ0n) is 17.0. The largest absolute Gasteiger partial charge is 0.462 e. The molecule has 5 nitrogen and oxygen atoms in total. The number of hydrogen-bond donors (Lipinski definition) is 3. The summed E-state index contributed by atoms with van der Waals surface area (Å²) < 4.78 is 5.68. The summed E-state index contributed by atoms with van der Waals surface area (Å²) in [4.78, 5) is 11.7. The van der Waals surface area contributed by atoms with E-state index in [-0.39, 0.29) is 52.1 Å². The van der Waals surface area contributed by atoms with Crippen LogP contribution in [0.4, 0.5) is 0 Å². The van der Waals surface area contributed by atoms with Crippen LogP contribution in [-0.2, 0) is 9.53 Å². The van der Waals surface area contributed by atoms with Crippen LogP contribution in [0.1, 0.15) is 59.3 Å². The number of alkyl halides is 1. The molecule has 9 unspecified atom stereocenters. The van der Waals surface area contributed by atoms with Crippen molar-refractivity contribution in [1.82, 2.24) is 0 Å². The molecule has 0 aromatic carbocycles. The van der Waals surface area contributed by atoms with E-state index < -0.39 is 11.7 Å². The second-order valence-electron chi connectivity index (χ2n) is 10.2. The minimum atomic E-state index is -0.857. The summed E-state index contributed by atoms with van der Waals surface area (Å²) >= 11 is 3.63. The van der Waals surface area contributed by atoms with E-state index in [4.69, 9.17) is 4.74 Å². The molecular formula is C22H33BrO5. The summed E-state index contributed by atoms with van der Waals surface area (Å²) in [5.41, 5.74) is -0.0309. The van der Waals surface area contributed by atoms with Crippen LogP contribution in [0.2, 0.25) is 0 Å². The second kappa shape index (κ2) is 6.79. The number of carbonyl (C=O) groups is 1. The first-order chi connectivity index (χ1) is 13.0. The highest BCUT2D eigenvalue weighted by Crippen LogP contribution is 2.67. The first-order valence-electron chi connectivity index (χ1n) is 10.6. The lowest BCUT2D eigenvalue weighted by molar-refractivity contribution is -0.253. The van der Waals surface area contributed by atoms with E-state index in [0.29, 0.717) is 19.3 Å². The molecule has 3 N–H and O–H groups in total. The topological polar surface area (TPSA) is 87.0 Å². The van der Waals surface area contributed by atoms with Crippen LogP contribution in [0.5, 0.6) is 0 Å². The summed E-state index contributed by atoms with van der Waals surface area (Å²) in [6.45, 7) is 5.87. The van der Waals surface area contributed by atoms with Crippen molar-refractivity contribution in [1.29, 1.82) is 0 Å². The van der Waals surface area contributed by atoms with E-state index in [1.165, 1.54) is 12.5 Å². The van der Waals surface area contributed by atoms with Crippen LogP contribution in [0.25, 0.3) is 0 Å². The number of fused-ring (bicyclic) bond motifs is 5. The van der Waals surface area contributed by atoms with Crippen molar-refractivity contribution in [2.24, 2.45) is 28.6 Å². The molecule has 0 aromatic rings. The molecule has 4 aliphatic carbocycles. The van der Waals surface area contributed by atoms with Crippen LogP contribution in [-0.4, -0.2) is 50.5 Å². The summed E-state index contributed by atoms with van der Waals surface area (Å²) in [5.74, 6) is -0.298. The first kappa shape index (κ1) is 20.8. The van der Waals surface area contributed by atoms with E-state index >= 15 is 0 Å². The Morgan fingerprint density at radius 1 is 1.39 bits per heavy atom. The maximum absolute atomic E-state index is 11.7. The van der Waals surface area contributed by atoms with Crippen molar-refractivity contribution in [2.45, 2.75) is 81.9 Å². The van der Waals surface area contributed by atoms with Gasteiger partial charge in [-0.05, 0) is 55.3 Å². The maximum atomic E-state index is 11.7. The number of aliphatic hydroxyl groups is 3. The molecule has 0 saturated heterocycles. The van der Waals surface area contributed by atoms with Crippen LogP contribution in [0.15, 0.2) is 11.6 Å². The van der Waals surface area contributed by atoms with Crippen LogP contribution >= 0.6 is 15.9 Å². The van der Waals surface area contributed by atoms with Gasteiger partial charge < -0.3 is 20.1 Å². The molecule has 0 aromatic heterocycles. The highest BCUT2D eigenvalue weighted by atomic mass is 79.9. The Kier molecular flexibility index (Phi) is 5.05. The minimum absolute atomic E-state index is 0.00924. The molecule has 3 saturated carbocycles. The van der Waals surface area contributed by atoms with Crippen LogP contribution in [0.3, 0.4) is 0 Å². The zero-order chi connectivity index (χ0) is 20.5. The van der Waals surface area contributed by atoms with Gasteiger partial charge in [-0.25, -0.2) is 0 Å². The molecule has 0 spiro atoms.